The Hall–Kier alpha value is -1.82. The quantitative estimate of drug-likeness (QED) is 0.876. The molecular weight excluding hydrogens is 322 g/mol. The molecule has 0 unspecified atom stereocenters. The molecule has 1 heterocycles. The number of nitrogens with one attached hydrogen (secondary N) is 1. The molecule has 0 fully saturated rings. The van der Waals surface area contributed by atoms with Gasteiger partial charge in [-0.05, 0) is 13.0 Å². The Morgan fingerprint density at radius 3 is 2.75 bits per heavy atom. The van der Waals surface area contributed by atoms with E-state index in [-0.39, 0.29) is 0 Å². The van der Waals surface area contributed by atoms with E-state index in [0.29, 0.717) is 24.1 Å². The Morgan fingerprint density at radius 2 is 2.05 bits per heavy atom. The van der Waals surface area contributed by atoms with Crippen LogP contribution in [0.2, 0.25) is 0 Å². The van der Waals surface area contributed by atoms with Crippen LogP contribution in [0.1, 0.15) is 12.5 Å². The Morgan fingerprint density at radius 1 is 1.25 bits per heavy atom. The summed E-state index contributed by atoms with van der Waals surface area (Å²) in [5.74, 6) is 1.57. The third-order valence-electron chi connectivity index (χ3n) is 2.64. The SMILES string of the molecule is CCNc1ncnc(OCc2ccccc2Br)c1OC. The van der Waals surface area contributed by atoms with Gasteiger partial charge in [0.1, 0.15) is 12.9 Å². The van der Waals surface area contributed by atoms with Crippen molar-refractivity contribution in [3.63, 3.8) is 0 Å². The number of ether oxygens (including phenoxy) is 2. The molecule has 6 heteroatoms. The van der Waals surface area contributed by atoms with Gasteiger partial charge in [-0.2, -0.15) is 4.98 Å². The molecule has 2 rings (SSSR count). The number of hydrogen-bond acceptors (Lipinski definition) is 5. The minimum absolute atomic E-state index is 0.403. The second kappa shape index (κ2) is 7.09. The van der Waals surface area contributed by atoms with Crippen molar-refractivity contribution in [3.05, 3.63) is 40.6 Å². The molecule has 0 atom stereocenters. The smallest absolute Gasteiger partial charge is 0.262 e. The van der Waals surface area contributed by atoms with E-state index in [1.807, 2.05) is 31.2 Å². The van der Waals surface area contributed by atoms with Crippen molar-refractivity contribution in [1.29, 1.82) is 0 Å². The average Bonchev–Trinajstić information content (AvgIpc) is 2.47. The molecule has 0 aliphatic rings. The van der Waals surface area contributed by atoms with Gasteiger partial charge in [0.05, 0.1) is 7.11 Å². The number of benzene rings is 1. The van der Waals surface area contributed by atoms with E-state index in [2.05, 4.69) is 31.2 Å². The van der Waals surface area contributed by atoms with Crippen LogP contribution in [0.5, 0.6) is 11.6 Å². The van der Waals surface area contributed by atoms with Crippen LogP contribution in [0.4, 0.5) is 5.82 Å². The summed E-state index contributed by atoms with van der Waals surface area (Å²) in [5, 5.41) is 3.11. The summed E-state index contributed by atoms with van der Waals surface area (Å²) in [6, 6.07) is 7.88. The lowest BCUT2D eigenvalue weighted by Crippen LogP contribution is -2.06. The van der Waals surface area contributed by atoms with Crippen LogP contribution in [0.15, 0.2) is 35.1 Å². The first-order valence-corrected chi connectivity index (χ1v) is 7.04. The summed E-state index contributed by atoms with van der Waals surface area (Å²) >= 11 is 3.49. The molecule has 1 aromatic heterocycles. The van der Waals surface area contributed by atoms with E-state index in [4.69, 9.17) is 9.47 Å². The molecule has 2 aromatic rings. The van der Waals surface area contributed by atoms with Crippen LogP contribution in [-0.4, -0.2) is 23.6 Å². The zero-order chi connectivity index (χ0) is 14.4. The lowest BCUT2D eigenvalue weighted by molar-refractivity contribution is 0.271. The third kappa shape index (κ3) is 3.39. The van der Waals surface area contributed by atoms with Gasteiger partial charge in [0.2, 0.25) is 5.75 Å². The molecule has 0 saturated heterocycles. The molecule has 0 aliphatic carbocycles. The zero-order valence-electron chi connectivity index (χ0n) is 11.4. The molecule has 1 N–H and O–H groups in total. The van der Waals surface area contributed by atoms with Crippen LogP contribution in [-0.2, 0) is 6.61 Å². The standard InChI is InChI=1S/C14H16BrN3O2/c1-3-16-13-12(19-2)14(18-9-17-13)20-8-10-6-4-5-7-11(10)15/h4-7,9H,3,8H2,1-2H3,(H,16,17,18). The summed E-state index contributed by atoms with van der Waals surface area (Å²) in [7, 11) is 1.57. The fourth-order valence-corrected chi connectivity index (χ4v) is 2.10. The highest BCUT2D eigenvalue weighted by atomic mass is 79.9. The minimum atomic E-state index is 0.403. The molecule has 0 bridgehead atoms. The highest BCUT2D eigenvalue weighted by molar-refractivity contribution is 9.10. The van der Waals surface area contributed by atoms with Crippen molar-refractivity contribution >= 4 is 21.7 Å². The van der Waals surface area contributed by atoms with Crippen molar-refractivity contribution < 1.29 is 9.47 Å². The lowest BCUT2D eigenvalue weighted by atomic mass is 10.2. The van der Waals surface area contributed by atoms with Crippen molar-refractivity contribution in [3.8, 4) is 11.6 Å². The van der Waals surface area contributed by atoms with Crippen LogP contribution in [0.25, 0.3) is 0 Å². The van der Waals surface area contributed by atoms with Gasteiger partial charge < -0.3 is 14.8 Å². The van der Waals surface area contributed by atoms with E-state index < -0.39 is 0 Å². The normalized spacial score (nSPS) is 10.2. The highest BCUT2D eigenvalue weighted by Gasteiger charge is 2.13. The van der Waals surface area contributed by atoms with E-state index in [1.165, 1.54) is 6.33 Å². The molecule has 0 radical (unpaired) electrons. The molecule has 0 amide bonds. The summed E-state index contributed by atoms with van der Waals surface area (Å²) in [6.45, 7) is 3.14. The van der Waals surface area contributed by atoms with E-state index in [1.54, 1.807) is 7.11 Å². The Balaban J connectivity index is 2.17. The van der Waals surface area contributed by atoms with Gasteiger partial charge >= 0.3 is 0 Å². The number of nitrogens with zero attached hydrogens (tertiary/aromatic N) is 2. The van der Waals surface area contributed by atoms with Gasteiger partial charge in [-0.3, -0.25) is 0 Å². The monoisotopic (exact) mass is 337 g/mol. The van der Waals surface area contributed by atoms with Gasteiger partial charge in [0.15, 0.2) is 5.82 Å². The maximum atomic E-state index is 5.74. The molecule has 106 valence electrons. The number of halogens is 1. The van der Waals surface area contributed by atoms with Crippen molar-refractivity contribution in [2.45, 2.75) is 13.5 Å². The molecule has 5 nitrogen and oxygen atoms in total. The van der Waals surface area contributed by atoms with Crippen molar-refractivity contribution in [2.75, 3.05) is 19.0 Å². The second-order valence-electron chi connectivity index (χ2n) is 3.97. The molecule has 0 saturated carbocycles. The number of rotatable bonds is 6. The number of aromatic nitrogens is 2. The maximum Gasteiger partial charge on any atom is 0.262 e. The van der Waals surface area contributed by atoms with Crippen molar-refractivity contribution in [1.82, 2.24) is 9.97 Å². The molecule has 1 aromatic carbocycles. The van der Waals surface area contributed by atoms with E-state index in [0.717, 1.165) is 16.6 Å². The van der Waals surface area contributed by atoms with Crippen LogP contribution >= 0.6 is 15.9 Å². The first kappa shape index (κ1) is 14.6. The fraction of sp³-hybridized carbons (Fsp3) is 0.286. The third-order valence-corrected chi connectivity index (χ3v) is 3.42. The first-order valence-electron chi connectivity index (χ1n) is 6.25. The summed E-state index contributed by atoms with van der Waals surface area (Å²) < 4.78 is 12.1. The lowest BCUT2D eigenvalue weighted by Gasteiger charge is -2.13. The van der Waals surface area contributed by atoms with E-state index in [9.17, 15) is 0 Å². The number of anilines is 1. The Kier molecular flexibility index (Phi) is 5.17. The average molecular weight is 338 g/mol. The topological polar surface area (TPSA) is 56.3 Å². The second-order valence-corrected chi connectivity index (χ2v) is 4.83. The largest absolute Gasteiger partial charge is 0.489 e. The summed E-state index contributed by atoms with van der Waals surface area (Å²) in [4.78, 5) is 8.26. The van der Waals surface area contributed by atoms with Gasteiger partial charge in [0.25, 0.3) is 5.88 Å². The van der Waals surface area contributed by atoms with Crippen LogP contribution < -0.4 is 14.8 Å². The molecule has 0 spiro atoms. The maximum absolute atomic E-state index is 5.74. The van der Waals surface area contributed by atoms with Crippen LogP contribution in [0, 0.1) is 0 Å². The number of hydrogen-bond donors (Lipinski definition) is 1. The Labute approximate surface area is 126 Å². The van der Waals surface area contributed by atoms with Gasteiger partial charge in [0, 0.05) is 16.6 Å². The van der Waals surface area contributed by atoms with Crippen molar-refractivity contribution in [2.24, 2.45) is 0 Å². The molecular formula is C14H16BrN3O2. The summed E-state index contributed by atoms with van der Waals surface area (Å²) in [6.07, 6.45) is 1.45. The predicted molar refractivity (Wildman–Crippen MR) is 81.2 cm³/mol. The van der Waals surface area contributed by atoms with Gasteiger partial charge in [-0.25, -0.2) is 4.98 Å². The van der Waals surface area contributed by atoms with Gasteiger partial charge in [-0.15, -0.1) is 0 Å². The van der Waals surface area contributed by atoms with Gasteiger partial charge in [-0.1, -0.05) is 34.1 Å². The fourth-order valence-electron chi connectivity index (χ4n) is 1.70. The highest BCUT2D eigenvalue weighted by Crippen LogP contribution is 2.31. The molecule has 0 aliphatic heterocycles. The number of methoxy groups -OCH3 is 1. The predicted octanol–water partition coefficient (Wildman–Crippen LogP) is 3.26. The van der Waals surface area contributed by atoms with E-state index >= 15 is 0 Å². The minimum Gasteiger partial charge on any atom is -0.489 e. The van der Waals surface area contributed by atoms with Crippen LogP contribution in [0.3, 0.4) is 0 Å². The zero-order valence-corrected chi connectivity index (χ0v) is 13.0. The Bertz CT molecular complexity index is 578. The molecule has 20 heavy (non-hydrogen) atoms. The first-order chi connectivity index (χ1) is 9.76. The summed E-state index contributed by atoms with van der Waals surface area (Å²) in [5.41, 5.74) is 1.04.